The van der Waals surface area contributed by atoms with Crippen LogP contribution in [0.25, 0.3) is 0 Å². The first-order valence-corrected chi connectivity index (χ1v) is 8.21. The summed E-state index contributed by atoms with van der Waals surface area (Å²) in [5.74, 6) is 0.692. The molecule has 114 valence electrons. The summed E-state index contributed by atoms with van der Waals surface area (Å²) in [5.41, 5.74) is 4.03. The van der Waals surface area contributed by atoms with Crippen LogP contribution in [0.15, 0.2) is 22.8 Å². The van der Waals surface area contributed by atoms with Crippen LogP contribution in [-0.4, -0.2) is 23.9 Å². The predicted octanol–water partition coefficient (Wildman–Crippen LogP) is 4.72. The summed E-state index contributed by atoms with van der Waals surface area (Å²) in [6, 6.07) is 0. The van der Waals surface area contributed by atoms with Crippen LogP contribution in [0, 0.1) is 5.92 Å². The molecule has 0 aromatic heterocycles. The third kappa shape index (κ3) is 4.22. The molecule has 2 heteroatoms. The van der Waals surface area contributed by atoms with E-state index in [1.54, 1.807) is 5.57 Å². The zero-order valence-electron chi connectivity index (χ0n) is 14.0. The van der Waals surface area contributed by atoms with Crippen LogP contribution in [-0.2, 0) is 4.79 Å². The van der Waals surface area contributed by atoms with Gasteiger partial charge in [-0.1, -0.05) is 30.6 Å². The molecule has 0 N–H and O–H groups in total. The number of likely N-dealkylation sites (N-methyl/N-ethyl adjacent to an activating group) is 1. The fourth-order valence-corrected chi connectivity index (χ4v) is 3.11. The van der Waals surface area contributed by atoms with Crippen LogP contribution in [0.1, 0.15) is 66.7 Å². The minimum absolute atomic E-state index is 0.203. The maximum absolute atomic E-state index is 12.4. The average Bonchev–Trinajstić information content (AvgIpc) is 2.48. The number of hydrogen-bond donors (Lipinski definition) is 0. The van der Waals surface area contributed by atoms with E-state index in [0.29, 0.717) is 5.92 Å². The molecule has 0 radical (unpaired) electrons. The molecule has 1 saturated carbocycles. The average molecular weight is 277 g/mol. The minimum Gasteiger partial charge on any atom is -0.340 e. The molecule has 1 aliphatic carbocycles. The highest BCUT2D eigenvalue weighted by molar-refractivity contribution is 5.92. The van der Waals surface area contributed by atoms with Crippen LogP contribution in [0.2, 0.25) is 0 Å². The Morgan fingerprint density at radius 1 is 1.20 bits per heavy atom. The Labute approximate surface area is 124 Å². The lowest BCUT2D eigenvalue weighted by atomic mass is 9.80. The summed E-state index contributed by atoms with van der Waals surface area (Å²) in [4.78, 5) is 14.3. The molecule has 0 aliphatic heterocycles. The van der Waals surface area contributed by atoms with Crippen LogP contribution in [0.5, 0.6) is 0 Å². The van der Waals surface area contributed by atoms with Crippen molar-refractivity contribution in [1.82, 2.24) is 4.90 Å². The summed E-state index contributed by atoms with van der Waals surface area (Å²) in [7, 11) is 0. The number of rotatable bonds is 5. The topological polar surface area (TPSA) is 20.3 Å². The van der Waals surface area contributed by atoms with Gasteiger partial charge in [-0.15, -0.1) is 0 Å². The molecular formula is C18H31NO. The molecule has 1 aliphatic rings. The molecular weight excluding hydrogens is 246 g/mol. The molecule has 20 heavy (non-hydrogen) atoms. The van der Waals surface area contributed by atoms with Crippen molar-refractivity contribution in [2.24, 2.45) is 5.92 Å². The SMILES string of the molecule is CC/C(C)=C1\CCCCC1/C=C(\C)C(=O)N(CC)CC. The third-order valence-corrected chi connectivity index (χ3v) is 4.58. The molecule has 0 bridgehead atoms. The van der Waals surface area contributed by atoms with Crippen molar-refractivity contribution < 1.29 is 4.79 Å². The maximum Gasteiger partial charge on any atom is 0.249 e. The van der Waals surface area contributed by atoms with E-state index in [2.05, 4.69) is 19.9 Å². The first-order valence-electron chi connectivity index (χ1n) is 8.21. The standard InChI is InChI=1S/C18H31NO/c1-6-14(4)17-12-10-9-11-16(17)13-15(5)18(20)19(7-2)8-3/h13,16H,6-12H2,1-5H3/b15-13+,17-14+. The molecule has 2 nitrogen and oxygen atoms in total. The highest BCUT2D eigenvalue weighted by Crippen LogP contribution is 2.34. The molecule has 0 saturated heterocycles. The lowest BCUT2D eigenvalue weighted by Crippen LogP contribution is -2.31. The van der Waals surface area contributed by atoms with Crippen LogP contribution in [0.3, 0.4) is 0 Å². The van der Waals surface area contributed by atoms with Crippen LogP contribution in [0.4, 0.5) is 0 Å². The molecule has 0 spiro atoms. The Bertz CT molecular complexity index is 388. The monoisotopic (exact) mass is 277 g/mol. The van der Waals surface area contributed by atoms with E-state index in [1.165, 1.54) is 31.3 Å². The molecule has 0 aromatic carbocycles. The van der Waals surface area contributed by atoms with Gasteiger partial charge in [0.1, 0.15) is 0 Å². The van der Waals surface area contributed by atoms with Gasteiger partial charge in [0.05, 0.1) is 0 Å². The van der Waals surface area contributed by atoms with E-state index >= 15 is 0 Å². The number of allylic oxidation sites excluding steroid dienone is 3. The summed E-state index contributed by atoms with van der Waals surface area (Å²) in [5, 5.41) is 0. The predicted molar refractivity (Wildman–Crippen MR) is 86.6 cm³/mol. The molecule has 1 unspecified atom stereocenters. The Balaban J connectivity index is 2.92. The van der Waals surface area contributed by atoms with Gasteiger partial charge in [-0.25, -0.2) is 0 Å². The van der Waals surface area contributed by atoms with Gasteiger partial charge in [-0.3, -0.25) is 4.79 Å². The highest BCUT2D eigenvalue weighted by Gasteiger charge is 2.20. The lowest BCUT2D eigenvalue weighted by Gasteiger charge is -2.26. The quantitative estimate of drug-likeness (QED) is 0.526. The smallest absolute Gasteiger partial charge is 0.249 e. The molecule has 0 heterocycles. The van der Waals surface area contributed by atoms with Gasteiger partial charge in [0, 0.05) is 18.7 Å². The van der Waals surface area contributed by atoms with Crippen molar-refractivity contribution in [2.75, 3.05) is 13.1 Å². The van der Waals surface area contributed by atoms with Crippen LogP contribution < -0.4 is 0 Å². The van der Waals surface area contributed by atoms with E-state index in [9.17, 15) is 4.79 Å². The van der Waals surface area contributed by atoms with Gasteiger partial charge >= 0.3 is 0 Å². The maximum atomic E-state index is 12.4. The van der Waals surface area contributed by atoms with Gasteiger partial charge in [0.2, 0.25) is 5.91 Å². The van der Waals surface area contributed by atoms with Crippen molar-refractivity contribution >= 4 is 5.91 Å². The first-order chi connectivity index (χ1) is 9.54. The summed E-state index contributed by atoms with van der Waals surface area (Å²) in [6.45, 7) is 12.1. The second-order valence-electron chi connectivity index (χ2n) is 5.84. The minimum atomic E-state index is 0.203. The van der Waals surface area contributed by atoms with Crippen molar-refractivity contribution in [1.29, 1.82) is 0 Å². The summed E-state index contributed by atoms with van der Waals surface area (Å²) >= 11 is 0. The molecule has 0 aromatic rings. The Morgan fingerprint density at radius 2 is 1.85 bits per heavy atom. The van der Waals surface area contributed by atoms with Gasteiger partial charge < -0.3 is 4.90 Å². The number of hydrogen-bond acceptors (Lipinski definition) is 1. The Morgan fingerprint density at radius 3 is 2.40 bits per heavy atom. The van der Waals surface area contributed by atoms with Gasteiger partial charge in [0.25, 0.3) is 0 Å². The van der Waals surface area contributed by atoms with Gasteiger partial charge in [0.15, 0.2) is 0 Å². The number of amides is 1. The van der Waals surface area contributed by atoms with Crippen molar-refractivity contribution in [3.05, 3.63) is 22.8 Å². The summed E-state index contributed by atoms with van der Waals surface area (Å²) in [6.07, 6.45) is 8.37. The van der Waals surface area contributed by atoms with E-state index in [-0.39, 0.29) is 5.91 Å². The normalized spacial score (nSPS) is 22.6. The molecule has 1 atom stereocenters. The second-order valence-corrected chi connectivity index (χ2v) is 5.84. The summed E-state index contributed by atoms with van der Waals surface area (Å²) < 4.78 is 0. The van der Waals surface area contributed by atoms with Crippen molar-refractivity contribution in [2.45, 2.75) is 66.7 Å². The Hall–Kier alpha value is -1.05. The van der Waals surface area contributed by atoms with Crippen molar-refractivity contribution in [3.63, 3.8) is 0 Å². The zero-order chi connectivity index (χ0) is 15.1. The number of carbonyl (C=O) groups is 1. The largest absolute Gasteiger partial charge is 0.340 e. The van der Waals surface area contributed by atoms with Crippen molar-refractivity contribution in [3.8, 4) is 0 Å². The molecule has 1 amide bonds. The Kier molecular flexibility index (Phi) is 7.04. The molecule has 1 rings (SSSR count). The number of nitrogens with zero attached hydrogens (tertiary/aromatic N) is 1. The second kappa shape index (κ2) is 8.28. The third-order valence-electron chi connectivity index (χ3n) is 4.58. The fourth-order valence-electron chi connectivity index (χ4n) is 3.11. The van der Waals surface area contributed by atoms with E-state index in [4.69, 9.17) is 0 Å². The fraction of sp³-hybridized carbons (Fsp3) is 0.722. The van der Waals surface area contributed by atoms with Gasteiger partial charge in [-0.05, 0) is 59.3 Å². The first kappa shape index (κ1) is 17.0. The van der Waals surface area contributed by atoms with E-state index < -0.39 is 0 Å². The van der Waals surface area contributed by atoms with E-state index in [1.807, 2.05) is 25.7 Å². The van der Waals surface area contributed by atoms with Gasteiger partial charge in [-0.2, -0.15) is 0 Å². The highest BCUT2D eigenvalue weighted by atomic mass is 16.2. The van der Waals surface area contributed by atoms with E-state index in [0.717, 1.165) is 25.1 Å². The molecule has 1 fully saturated rings. The van der Waals surface area contributed by atoms with Crippen LogP contribution >= 0.6 is 0 Å². The number of carbonyl (C=O) groups excluding carboxylic acids is 1. The zero-order valence-corrected chi connectivity index (χ0v) is 14.0. The lowest BCUT2D eigenvalue weighted by molar-refractivity contribution is -0.126.